The fourth-order valence-corrected chi connectivity index (χ4v) is 4.86. The highest BCUT2D eigenvalue weighted by molar-refractivity contribution is 5.88. The average molecular weight is 497 g/mol. The second-order valence-corrected chi connectivity index (χ2v) is 9.97. The van der Waals surface area contributed by atoms with Crippen LogP contribution in [0.15, 0.2) is 25.2 Å². The van der Waals surface area contributed by atoms with Crippen molar-refractivity contribution >= 4 is 34.5 Å². The Balaban J connectivity index is 1.48. The first kappa shape index (κ1) is 24.2. The number of likely N-dealkylation sites (tertiary alicyclic amines) is 1. The molecule has 1 amide bonds. The van der Waals surface area contributed by atoms with Crippen LogP contribution in [0.3, 0.4) is 0 Å². The maximum Gasteiger partial charge on any atom is 0.243 e. The molecule has 3 aromatic heterocycles. The summed E-state index contributed by atoms with van der Waals surface area (Å²) in [5, 5.41) is 10.8. The molecule has 2 fully saturated rings. The van der Waals surface area contributed by atoms with Gasteiger partial charge < -0.3 is 25.0 Å². The van der Waals surface area contributed by atoms with Gasteiger partial charge in [-0.25, -0.2) is 9.37 Å². The Morgan fingerprint density at radius 2 is 2.08 bits per heavy atom. The number of fused-ring (bicyclic) bond motifs is 1. The minimum absolute atomic E-state index is 0.0784. The highest BCUT2D eigenvalue weighted by atomic mass is 19.1. The number of anilines is 3. The van der Waals surface area contributed by atoms with Gasteiger partial charge in [-0.3, -0.25) is 9.48 Å². The van der Waals surface area contributed by atoms with Gasteiger partial charge in [0, 0.05) is 25.3 Å². The summed E-state index contributed by atoms with van der Waals surface area (Å²) in [6, 6.07) is -0.202. The van der Waals surface area contributed by atoms with Crippen LogP contribution in [0.5, 0.6) is 0 Å². The van der Waals surface area contributed by atoms with Crippen molar-refractivity contribution in [2.45, 2.75) is 51.5 Å². The van der Waals surface area contributed by atoms with Gasteiger partial charge in [0.05, 0.1) is 36.3 Å². The van der Waals surface area contributed by atoms with Crippen molar-refractivity contribution in [3.63, 3.8) is 0 Å². The molecule has 3 aromatic rings. The molecule has 0 bridgehead atoms. The van der Waals surface area contributed by atoms with E-state index >= 15 is 0 Å². The first-order chi connectivity index (χ1) is 17.2. The SMILES string of the molecule is C=CC(=O)N[C@@H]1CN(c2nc(Nc3cn(C4CCN(C)C4)nc3C)c3ncn(C(C)C)c3n2)C[C@H]1F. The van der Waals surface area contributed by atoms with Crippen LogP contribution in [0.4, 0.5) is 21.8 Å². The zero-order valence-corrected chi connectivity index (χ0v) is 21.1. The number of aryl methyl sites for hydroxylation is 1. The normalized spacial score (nSPS) is 22.6. The molecule has 12 heteroatoms. The minimum Gasteiger partial charge on any atom is -0.345 e. The van der Waals surface area contributed by atoms with Gasteiger partial charge in [-0.2, -0.15) is 15.1 Å². The molecule has 0 aromatic carbocycles. The molecule has 0 radical (unpaired) electrons. The van der Waals surface area contributed by atoms with E-state index in [1.807, 2.05) is 22.4 Å². The zero-order chi connectivity index (χ0) is 25.6. The van der Waals surface area contributed by atoms with Crippen molar-refractivity contribution in [1.82, 2.24) is 39.5 Å². The molecule has 5 rings (SSSR count). The van der Waals surface area contributed by atoms with Crippen LogP contribution in [0.1, 0.15) is 38.0 Å². The van der Waals surface area contributed by atoms with E-state index in [0.29, 0.717) is 29.0 Å². The lowest BCUT2D eigenvalue weighted by molar-refractivity contribution is -0.117. The van der Waals surface area contributed by atoms with Gasteiger partial charge in [0.15, 0.2) is 17.0 Å². The zero-order valence-electron chi connectivity index (χ0n) is 21.1. The number of alkyl halides is 1. The number of hydrogen-bond donors (Lipinski definition) is 2. The summed E-state index contributed by atoms with van der Waals surface area (Å²) in [7, 11) is 2.12. The standard InChI is InChI=1S/C24H33FN10O/c1-6-20(36)27-19-11-33(10-17(19)25)24-29-22(21-23(30-24)34(13-26-21)14(2)3)28-18-12-35(31-15(18)4)16-7-8-32(5)9-16/h6,12-14,16-17,19H,1,7-11H2,2-5H3,(H,27,36)(H,28,29,30)/t16?,17-,19-/m1/s1. The van der Waals surface area contributed by atoms with Crippen LogP contribution in [0.2, 0.25) is 0 Å². The number of carbonyl (C=O) groups excluding carboxylic acids is 1. The van der Waals surface area contributed by atoms with Gasteiger partial charge in [-0.15, -0.1) is 0 Å². The van der Waals surface area contributed by atoms with Gasteiger partial charge >= 0.3 is 0 Å². The number of imidazole rings is 1. The first-order valence-electron chi connectivity index (χ1n) is 12.3. The van der Waals surface area contributed by atoms with Crippen molar-refractivity contribution in [2.75, 3.05) is 43.4 Å². The van der Waals surface area contributed by atoms with Crippen molar-refractivity contribution in [2.24, 2.45) is 0 Å². The Labute approximate surface area is 209 Å². The molecule has 2 saturated heterocycles. The third kappa shape index (κ3) is 4.52. The van der Waals surface area contributed by atoms with E-state index in [-0.39, 0.29) is 19.1 Å². The lowest BCUT2D eigenvalue weighted by Crippen LogP contribution is -2.40. The van der Waals surface area contributed by atoms with E-state index < -0.39 is 18.1 Å². The molecule has 5 heterocycles. The molecule has 11 nitrogen and oxygen atoms in total. The molecule has 0 spiro atoms. The molecule has 36 heavy (non-hydrogen) atoms. The molecule has 0 aliphatic carbocycles. The van der Waals surface area contributed by atoms with E-state index in [2.05, 4.69) is 48.0 Å². The van der Waals surface area contributed by atoms with Crippen molar-refractivity contribution in [3.8, 4) is 0 Å². The molecule has 2 N–H and O–H groups in total. The summed E-state index contributed by atoms with van der Waals surface area (Å²) in [6.45, 7) is 11.9. The Hall–Kier alpha value is -3.54. The van der Waals surface area contributed by atoms with E-state index in [9.17, 15) is 9.18 Å². The van der Waals surface area contributed by atoms with Crippen LogP contribution in [-0.4, -0.2) is 85.5 Å². The predicted octanol–water partition coefficient (Wildman–Crippen LogP) is 2.36. The molecule has 192 valence electrons. The number of nitrogens with one attached hydrogen (secondary N) is 2. The van der Waals surface area contributed by atoms with Gasteiger partial charge in [0.25, 0.3) is 0 Å². The number of halogens is 1. The number of aromatic nitrogens is 6. The smallest absolute Gasteiger partial charge is 0.243 e. The van der Waals surface area contributed by atoms with Crippen molar-refractivity contribution in [1.29, 1.82) is 0 Å². The summed E-state index contributed by atoms with van der Waals surface area (Å²) >= 11 is 0. The fourth-order valence-electron chi connectivity index (χ4n) is 4.86. The van der Waals surface area contributed by atoms with Gasteiger partial charge in [0.1, 0.15) is 6.17 Å². The molecular weight excluding hydrogens is 463 g/mol. The third-order valence-corrected chi connectivity index (χ3v) is 6.92. The summed E-state index contributed by atoms with van der Waals surface area (Å²) in [6.07, 6.45) is 4.72. The largest absolute Gasteiger partial charge is 0.345 e. The number of hydrogen-bond acceptors (Lipinski definition) is 8. The minimum atomic E-state index is -1.25. The summed E-state index contributed by atoms with van der Waals surface area (Å²) in [4.78, 5) is 29.9. The lowest BCUT2D eigenvalue weighted by atomic mass is 10.2. The van der Waals surface area contributed by atoms with Crippen LogP contribution in [0, 0.1) is 6.92 Å². The maximum atomic E-state index is 14.8. The summed E-state index contributed by atoms with van der Waals surface area (Å²) in [5.41, 5.74) is 3.00. The molecule has 3 atom stereocenters. The highest BCUT2D eigenvalue weighted by Crippen LogP contribution is 2.31. The number of likely N-dealkylation sites (N-methyl/N-ethyl adjacent to an activating group) is 1. The fraction of sp³-hybridized carbons (Fsp3) is 0.542. The highest BCUT2D eigenvalue weighted by Gasteiger charge is 2.35. The lowest BCUT2D eigenvalue weighted by Gasteiger charge is -2.18. The Bertz CT molecular complexity index is 1280. The number of amides is 1. The van der Waals surface area contributed by atoms with Crippen LogP contribution >= 0.6 is 0 Å². The van der Waals surface area contributed by atoms with E-state index in [0.717, 1.165) is 37.0 Å². The second-order valence-electron chi connectivity index (χ2n) is 9.97. The van der Waals surface area contributed by atoms with E-state index in [1.165, 1.54) is 0 Å². The summed E-state index contributed by atoms with van der Waals surface area (Å²) in [5.74, 6) is 0.518. The van der Waals surface area contributed by atoms with Gasteiger partial charge in [-0.05, 0) is 46.9 Å². The Morgan fingerprint density at radius 3 is 2.78 bits per heavy atom. The monoisotopic (exact) mass is 496 g/mol. The van der Waals surface area contributed by atoms with Crippen LogP contribution in [-0.2, 0) is 4.79 Å². The molecule has 1 unspecified atom stereocenters. The van der Waals surface area contributed by atoms with E-state index in [1.54, 1.807) is 11.2 Å². The molecule has 2 aliphatic heterocycles. The van der Waals surface area contributed by atoms with Crippen LogP contribution in [0.25, 0.3) is 11.2 Å². The quantitative estimate of drug-likeness (QED) is 0.480. The van der Waals surface area contributed by atoms with Crippen LogP contribution < -0.4 is 15.5 Å². The number of carbonyl (C=O) groups is 1. The molecule has 2 aliphatic rings. The topological polar surface area (TPSA) is 109 Å². The molecular formula is C24H33FN10O. The van der Waals surface area contributed by atoms with Crippen molar-refractivity contribution < 1.29 is 9.18 Å². The number of nitrogens with zero attached hydrogens (tertiary/aromatic N) is 8. The third-order valence-electron chi connectivity index (χ3n) is 6.92. The predicted molar refractivity (Wildman–Crippen MR) is 136 cm³/mol. The van der Waals surface area contributed by atoms with Crippen molar-refractivity contribution in [3.05, 3.63) is 30.9 Å². The number of rotatable bonds is 7. The Kier molecular flexibility index (Phi) is 6.37. The van der Waals surface area contributed by atoms with Gasteiger partial charge in [0.2, 0.25) is 11.9 Å². The summed E-state index contributed by atoms with van der Waals surface area (Å²) < 4.78 is 18.8. The second kappa shape index (κ2) is 9.49. The van der Waals surface area contributed by atoms with E-state index in [4.69, 9.17) is 15.1 Å². The first-order valence-corrected chi connectivity index (χ1v) is 12.3. The Morgan fingerprint density at radius 1 is 1.28 bits per heavy atom. The maximum absolute atomic E-state index is 14.8. The molecule has 0 saturated carbocycles. The van der Waals surface area contributed by atoms with Gasteiger partial charge in [-0.1, -0.05) is 6.58 Å². The average Bonchev–Trinajstić information content (AvgIpc) is 3.61.